The Kier molecular flexibility index (Phi) is 4.55. The Morgan fingerprint density at radius 1 is 1.35 bits per heavy atom. The predicted molar refractivity (Wildman–Crippen MR) is 66.8 cm³/mol. The normalized spacial score (nSPS) is 10.2. The lowest BCUT2D eigenvalue weighted by molar-refractivity contribution is -0.138. The first-order valence-corrected chi connectivity index (χ1v) is 6.31. The van der Waals surface area contributed by atoms with E-state index in [1.165, 1.54) is 12.4 Å². The van der Waals surface area contributed by atoms with E-state index in [0.717, 1.165) is 16.4 Å². The number of hydrogen-bond donors (Lipinski definition) is 2. The van der Waals surface area contributed by atoms with Gasteiger partial charge in [0.1, 0.15) is 6.54 Å². The second-order valence-electron chi connectivity index (χ2n) is 3.42. The summed E-state index contributed by atoms with van der Waals surface area (Å²) in [5, 5.41) is 21.9. The van der Waals surface area contributed by atoms with Crippen LogP contribution in [0, 0.1) is 0 Å². The van der Waals surface area contributed by atoms with E-state index < -0.39 is 5.97 Å². The number of aromatic nitrogens is 6. The molecule has 2 rings (SSSR count). The molecule has 0 fully saturated rings. The summed E-state index contributed by atoms with van der Waals surface area (Å²) in [6.07, 6.45) is 3.01. The largest absolute Gasteiger partial charge is 0.480 e. The van der Waals surface area contributed by atoms with E-state index in [1.54, 1.807) is 6.07 Å². The Morgan fingerprint density at radius 3 is 2.80 bits per heavy atom. The summed E-state index contributed by atoms with van der Waals surface area (Å²) >= 11 is 1.02. The lowest BCUT2D eigenvalue weighted by Gasteiger charge is -2.02. The maximum atomic E-state index is 11.6. The van der Waals surface area contributed by atoms with Crippen LogP contribution in [0.5, 0.6) is 0 Å². The highest BCUT2D eigenvalue weighted by Gasteiger charge is 2.12. The van der Waals surface area contributed by atoms with Gasteiger partial charge in [-0.25, -0.2) is 14.6 Å². The van der Waals surface area contributed by atoms with Gasteiger partial charge in [-0.05, 0) is 16.5 Å². The molecule has 20 heavy (non-hydrogen) atoms. The first-order valence-electron chi connectivity index (χ1n) is 5.33. The molecular weight excluding hydrogens is 286 g/mol. The van der Waals surface area contributed by atoms with Gasteiger partial charge in [0, 0.05) is 12.4 Å². The molecule has 0 spiro atoms. The fourth-order valence-electron chi connectivity index (χ4n) is 1.18. The number of carbonyl (C=O) groups is 2. The topological polar surface area (TPSA) is 136 Å². The zero-order chi connectivity index (χ0) is 14.4. The number of anilines is 1. The van der Waals surface area contributed by atoms with Gasteiger partial charge in [0.05, 0.1) is 5.75 Å². The van der Waals surface area contributed by atoms with Crippen molar-refractivity contribution in [3.8, 4) is 0 Å². The monoisotopic (exact) mass is 295 g/mol. The zero-order valence-corrected chi connectivity index (χ0v) is 10.8. The molecule has 0 saturated heterocycles. The van der Waals surface area contributed by atoms with Crippen molar-refractivity contribution in [2.24, 2.45) is 0 Å². The molecule has 0 radical (unpaired) electrons. The first kappa shape index (κ1) is 13.9. The van der Waals surface area contributed by atoms with Gasteiger partial charge in [0.15, 0.2) is 0 Å². The van der Waals surface area contributed by atoms with Gasteiger partial charge in [-0.3, -0.25) is 14.9 Å². The number of nitrogens with one attached hydrogen (secondary N) is 1. The number of aliphatic carboxylic acids is 1. The average Bonchev–Trinajstić information content (AvgIpc) is 2.84. The van der Waals surface area contributed by atoms with E-state index in [4.69, 9.17) is 5.11 Å². The van der Waals surface area contributed by atoms with Gasteiger partial charge in [0.2, 0.25) is 17.0 Å². The van der Waals surface area contributed by atoms with E-state index in [-0.39, 0.29) is 29.3 Å². The smallest absolute Gasteiger partial charge is 0.325 e. The van der Waals surface area contributed by atoms with Crippen LogP contribution in [0.1, 0.15) is 0 Å². The third-order valence-electron chi connectivity index (χ3n) is 1.93. The van der Waals surface area contributed by atoms with Gasteiger partial charge >= 0.3 is 5.97 Å². The first-order chi connectivity index (χ1) is 9.65. The molecule has 0 atom stereocenters. The van der Waals surface area contributed by atoms with Crippen molar-refractivity contribution < 1.29 is 14.7 Å². The molecule has 2 aromatic rings. The fourth-order valence-corrected chi connectivity index (χ4v) is 1.86. The van der Waals surface area contributed by atoms with Gasteiger partial charge in [-0.2, -0.15) is 0 Å². The van der Waals surface area contributed by atoms with Crippen LogP contribution in [0.3, 0.4) is 0 Å². The van der Waals surface area contributed by atoms with E-state index in [9.17, 15) is 9.59 Å². The number of tetrazole rings is 1. The standard InChI is InChI=1S/C9H9N7O3S/c17-6(12-8-10-2-1-3-11-8)5-20-9-13-14-15-16(9)4-7(18)19/h1-3H,4-5H2,(H,18,19)(H,10,11,12,17). The highest BCUT2D eigenvalue weighted by atomic mass is 32.2. The molecule has 1 amide bonds. The molecule has 0 unspecified atom stereocenters. The van der Waals surface area contributed by atoms with Crippen LogP contribution >= 0.6 is 11.8 Å². The molecule has 10 nitrogen and oxygen atoms in total. The SMILES string of the molecule is O=C(O)Cn1nnnc1SCC(=O)Nc1ncccn1. The Hall–Kier alpha value is -2.56. The van der Waals surface area contributed by atoms with Crippen LogP contribution in [-0.4, -0.2) is 52.9 Å². The van der Waals surface area contributed by atoms with Gasteiger partial charge in [-0.1, -0.05) is 11.8 Å². The predicted octanol–water partition coefficient (Wildman–Crippen LogP) is -0.722. The summed E-state index contributed by atoms with van der Waals surface area (Å²) in [6.45, 7) is -0.362. The van der Waals surface area contributed by atoms with Crippen molar-refractivity contribution in [2.75, 3.05) is 11.1 Å². The van der Waals surface area contributed by atoms with Gasteiger partial charge < -0.3 is 5.11 Å². The van der Waals surface area contributed by atoms with E-state index in [1.807, 2.05) is 0 Å². The van der Waals surface area contributed by atoms with Crippen LogP contribution in [0.2, 0.25) is 0 Å². The maximum Gasteiger partial charge on any atom is 0.325 e. The molecule has 0 aromatic carbocycles. The van der Waals surface area contributed by atoms with Crippen molar-refractivity contribution in [1.82, 2.24) is 30.2 Å². The minimum atomic E-state index is -1.07. The molecule has 2 aromatic heterocycles. The number of thioether (sulfide) groups is 1. The second-order valence-corrected chi connectivity index (χ2v) is 4.36. The Bertz CT molecular complexity index is 603. The van der Waals surface area contributed by atoms with Crippen LogP contribution in [0.15, 0.2) is 23.6 Å². The van der Waals surface area contributed by atoms with Crippen LogP contribution in [-0.2, 0) is 16.1 Å². The zero-order valence-electron chi connectivity index (χ0n) is 10.0. The molecule has 2 heterocycles. The number of carboxylic acids is 1. The summed E-state index contributed by atoms with van der Waals surface area (Å²) in [6, 6.07) is 1.63. The highest BCUT2D eigenvalue weighted by Crippen LogP contribution is 2.13. The summed E-state index contributed by atoms with van der Waals surface area (Å²) in [7, 11) is 0. The van der Waals surface area contributed by atoms with Gasteiger partial charge in [0.25, 0.3) is 0 Å². The number of hydrogen-bond acceptors (Lipinski definition) is 8. The lowest BCUT2D eigenvalue weighted by atomic mass is 10.6. The molecule has 0 aliphatic rings. The minimum absolute atomic E-state index is 0.0121. The van der Waals surface area contributed by atoms with E-state index in [0.29, 0.717) is 0 Å². The number of amides is 1. The van der Waals surface area contributed by atoms with Crippen molar-refractivity contribution in [2.45, 2.75) is 11.7 Å². The summed E-state index contributed by atoms with van der Waals surface area (Å²) in [4.78, 5) is 29.9. The van der Waals surface area contributed by atoms with Crippen molar-refractivity contribution in [1.29, 1.82) is 0 Å². The highest BCUT2D eigenvalue weighted by molar-refractivity contribution is 7.99. The van der Waals surface area contributed by atoms with E-state index in [2.05, 4.69) is 30.8 Å². The van der Waals surface area contributed by atoms with Crippen LogP contribution in [0.25, 0.3) is 0 Å². The number of rotatable bonds is 6. The molecule has 0 aliphatic carbocycles. The van der Waals surface area contributed by atoms with Crippen LogP contribution < -0.4 is 5.32 Å². The Morgan fingerprint density at radius 2 is 2.10 bits per heavy atom. The third-order valence-corrected chi connectivity index (χ3v) is 2.89. The minimum Gasteiger partial charge on any atom is -0.480 e. The molecule has 0 aliphatic heterocycles. The summed E-state index contributed by atoms with van der Waals surface area (Å²) in [5.41, 5.74) is 0. The lowest BCUT2D eigenvalue weighted by Crippen LogP contribution is -2.17. The molecule has 0 saturated carbocycles. The maximum absolute atomic E-state index is 11.6. The van der Waals surface area contributed by atoms with Crippen LogP contribution in [0.4, 0.5) is 5.95 Å². The Balaban J connectivity index is 1.87. The molecule has 104 valence electrons. The third kappa shape index (κ3) is 3.98. The van der Waals surface area contributed by atoms with Crippen molar-refractivity contribution in [3.63, 3.8) is 0 Å². The van der Waals surface area contributed by atoms with Crippen molar-refractivity contribution >= 4 is 29.6 Å². The van der Waals surface area contributed by atoms with E-state index >= 15 is 0 Å². The number of carbonyl (C=O) groups excluding carboxylic acids is 1. The summed E-state index contributed by atoms with van der Waals surface area (Å²) in [5.74, 6) is -1.20. The average molecular weight is 295 g/mol. The second kappa shape index (κ2) is 6.56. The number of nitrogens with zero attached hydrogens (tertiary/aromatic N) is 6. The fraction of sp³-hybridized carbons (Fsp3) is 0.222. The van der Waals surface area contributed by atoms with Crippen molar-refractivity contribution in [3.05, 3.63) is 18.5 Å². The quantitative estimate of drug-likeness (QED) is 0.661. The van der Waals surface area contributed by atoms with Gasteiger partial charge in [-0.15, -0.1) is 5.10 Å². The molecule has 0 bridgehead atoms. The molecule has 2 N–H and O–H groups in total. The molecular formula is C9H9N7O3S. The number of carboxylic acid groups (broad SMARTS) is 1. The molecule has 11 heteroatoms. The Labute approximate surface area is 116 Å². The summed E-state index contributed by atoms with van der Waals surface area (Å²) < 4.78 is 1.10.